The molecular weight excluding hydrogens is 299 g/mol. The molecule has 1 aromatic rings. The first-order valence-electron chi connectivity index (χ1n) is 4.16. The summed E-state index contributed by atoms with van der Waals surface area (Å²) in [6.07, 6.45) is 2.62. The summed E-state index contributed by atoms with van der Waals surface area (Å²) >= 11 is 2.11. The molecule has 78 valence electrons. The molecule has 1 N–H and O–H groups in total. The van der Waals surface area contributed by atoms with Gasteiger partial charge in [0, 0.05) is 12.8 Å². The van der Waals surface area contributed by atoms with Gasteiger partial charge in [-0.1, -0.05) is 0 Å². The lowest BCUT2D eigenvalue weighted by molar-refractivity contribution is -0.151. The van der Waals surface area contributed by atoms with Gasteiger partial charge in [-0.05, 0) is 29.5 Å². The summed E-state index contributed by atoms with van der Waals surface area (Å²) in [5, 5.41) is 12.8. The Hall–Kier alpha value is -0.630. The number of nitrogens with zero attached hydrogens (tertiary/aromatic N) is 2. The average molecular weight is 310 g/mol. The number of rotatable bonds is 5. The first-order valence-corrected chi connectivity index (χ1v) is 5.23. The highest BCUT2D eigenvalue weighted by Crippen LogP contribution is 2.03. The Bertz CT molecular complexity index is 313. The van der Waals surface area contributed by atoms with Crippen molar-refractivity contribution in [3.8, 4) is 0 Å². The summed E-state index contributed by atoms with van der Waals surface area (Å²) in [5.41, 5.74) is 0. The molecule has 0 saturated carbocycles. The van der Waals surface area contributed by atoms with Gasteiger partial charge in [0.1, 0.15) is 0 Å². The molecule has 0 saturated heterocycles. The highest BCUT2D eigenvalue weighted by atomic mass is 127. The minimum atomic E-state index is -0.961. The van der Waals surface area contributed by atoms with E-state index < -0.39 is 12.1 Å². The molecule has 0 aromatic carbocycles. The first-order chi connectivity index (χ1) is 6.63. The van der Waals surface area contributed by atoms with E-state index in [0.717, 1.165) is 3.57 Å². The van der Waals surface area contributed by atoms with Gasteiger partial charge in [0.25, 0.3) is 0 Å². The zero-order valence-electron chi connectivity index (χ0n) is 7.68. The van der Waals surface area contributed by atoms with E-state index in [9.17, 15) is 4.79 Å². The van der Waals surface area contributed by atoms with Crippen molar-refractivity contribution in [1.29, 1.82) is 0 Å². The monoisotopic (exact) mass is 310 g/mol. The number of hydrogen-bond acceptors (Lipinski definition) is 3. The zero-order valence-corrected chi connectivity index (χ0v) is 9.84. The van der Waals surface area contributed by atoms with Crippen LogP contribution in [0.5, 0.6) is 0 Å². The predicted molar refractivity (Wildman–Crippen MR) is 58.0 cm³/mol. The molecule has 0 aliphatic heterocycles. The van der Waals surface area contributed by atoms with Crippen LogP contribution in [0.3, 0.4) is 0 Å². The average Bonchev–Trinajstić information content (AvgIpc) is 2.50. The Kier molecular flexibility index (Phi) is 4.33. The number of carboxylic acids is 1. The van der Waals surface area contributed by atoms with E-state index in [2.05, 4.69) is 27.7 Å². The van der Waals surface area contributed by atoms with Gasteiger partial charge in [-0.15, -0.1) is 0 Å². The lowest BCUT2D eigenvalue weighted by atomic mass is 10.3. The minimum absolute atomic E-state index is 0.242. The van der Waals surface area contributed by atoms with E-state index in [1.54, 1.807) is 24.0 Å². The molecule has 1 aromatic heterocycles. The van der Waals surface area contributed by atoms with E-state index in [4.69, 9.17) is 9.84 Å². The fourth-order valence-electron chi connectivity index (χ4n) is 1.01. The van der Waals surface area contributed by atoms with Crippen molar-refractivity contribution in [2.24, 2.45) is 0 Å². The van der Waals surface area contributed by atoms with Gasteiger partial charge >= 0.3 is 5.97 Å². The molecule has 0 aliphatic rings. The van der Waals surface area contributed by atoms with Gasteiger partial charge in [0.2, 0.25) is 0 Å². The molecule has 0 fully saturated rings. The van der Waals surface area contributed by atoms with E-state index >= 15 is 0 Å². The fourth-order valence-corrected chi connectivity index (χ4v) is 1.46. The maximum atomic E-state index is 10.7. The minimum Gasteiger partial charge on any atom is -0.479 e. The van der Waals surface area contributed by atoms with Crippen LogP contribution in [0.15, 0.2) is 12.4 Å². The molecule has 0 amide bonds. The summed E-state index contributed by atoms with van der Waals surface area (Å²) in [6, 6.07) is 0. The molecule has 1 rings (SSSR count). The second-order valence-corrected chi connectivity index (χ2v) is 3.91. The van der Waals surface area contributed by atoms with E-state index in [0.29, 0.717) is 6.61 Å². The maximum Gasteiger partial charge on any atom is 0.334 e. The number of halogens is 1. The molecule has 0 bridgehead atoms. The van der Waals surface area contributed by atoms with Gasteiger partial charge in [-0.3, -0.25) is 4.68 Å². The van der Waals surface area contributed by atoms with Crippen LogP contribution in [0.4, 0.5) is 0 Å². The predicted octanol–water partition coefficient (Wildman–Crippen LogP) is 0.977. The van der Waals surface area contributed by atoms with Gasteiger partial charge in [-0.25, -0.2) is 4.79 Å². The molecular formula is C8H11IN2O3. The maximum absolute atomic E-state index is 10.7. The van der Waals surface area contributed by atoms with Crippen molar-refractivity contribution in [3.63, 3.8) is 0 Å². The molecule has 0 spiro atoms. The Morgan fingerprint density at radius 1 is 1.86 bits per heavy atom. The third kappa shape index (κ3) is 3.26. The summed E-state index contributed by atoms with van der Waals surface area (Å²) in [5.74, 6) is -0.961. The van der Waals surface area contributed by atoms with Gasteiger partial charge in [0.05, 0.1) is 16.3 Å². The van der Waals surface area contributed by atoms with Crippen LogP contribution in [-0.4, -0.2) is 33.6 Å². The van der Waals surface area contributed by atoms with Crippen molar-refractivity contribution >= 4 is 28.6 Å². The van der Waals surface area contributed by atoms with Crippen LogP contribution in [0, 0.1) is 3.57 Å². The standard InChI is InChI=1S/C8H11IN2O3/c1-2-14-7(8(12)13)5-11-4-6(9)3-10-11/h3-4,7H,2,5H2,1H3,(H,12,13). The normalized spacial score (nSPS) is 12.7. The van der Waals surface area contributed by atoms with Crippen LogP contribution in [0.2, 0.25) is 0 Å². The number of aliphatic carboxylic acids is 1. The first kappa shape index (κ1) is 11.4. The number of carboxylic acid groups (broad SMARTS) is 1. The SMILES string of the molecule is CCOC(Cn1cc(I)cn1)C(=O)O. The second kappa shape index (κ2) is 5.30. The van der Waals surface area contributed by atoms with Crippen molar-refractivity contribution in [3.05, 3.63) is 16.0 Å². The Morgan fingerprint density at radius 2 is 2.57 bits per heavy atom. The van der Waals surface area contributed by atoms with Crippen LogP contribution < -0.4 is 0 Å². The third-order valence-corrected chi connectivity index (χ3v) is 2.15. The molecule has 6 heteroatoms. The third-order valence-electron chi connectivity index (χ3n) is 1.60. The van der Waals surface area contributed by atoms with Gasteiger partial charge in [0.15, 0.2) is 6.10 Å². The van der Waals surface area contributed by atoms with Crippen molar-refractivity contribution in [2.45, 2.75) is 19.6 Å². The van der Waals surface area contributed by atoms with Crippen molar-refractivity contribution in [1.82, 2.24) is 9.78 Å². The molecule has 0 radical (unpaired) electrons. The Balaban J connectivity index is 2.59. The number of carbonyl (C=O) groups is 1. The highest BCUT2D eigenvalue weighted by Gasteiger charge is 2.18. The smallest absolute Gasteiger partial charge is 0.334 e. The Morgan fingerprint density at radius 3 is 3.00 bits per heavy atom. The molecule has 0 aliphatic carbocycles. The van der Waals surface area contributed by atoms with Crippen molar-refractivity contribution < 1.29 is 14.6 Å². The van der Waals surface area contributed by atoms with Crippen molar-refractivity contribution in [2.75, 3.05) is 6.61 Å². The molecule has 1 unspecified atom stereocenters. The fraction of sp³-hybridized carbons (Fsp3) is 0.500. The van der Waals surface area contributed by atoms with Crippen LogP contribution >= 0.6 is 22.6 Å². The summed E-state index contributed by atoms with van der Waals surface area (Å²) in [6.45, 7) is 2.39. The lowest BCUT2D eigenvalue weighted by Gasteiger charge is -2.11. The number of hydrogen-bond donors (Lipinski definition) is 1. The number of aromatic nitrogens is 2. The quantitative estimate of drug-likeness (QED) is 0.824. The second-order valence-electron chi connectivity index (χ2n) is 2.66. The zero-order chi connectivity index (χ0) is 10.6. The molecule has 5 nitrogen and oxygen atoms in total. The van der Waals surface area contributed by atoms with E-state index in [-0.39, 0.29) is 6.54 Å². The van der Waals surface area contributed by atoms with E-state index in [1.165, 1.54) is 0 Å². The number of ether oxygens (including phenoxy) is 1. The molecule has 14 heavy (non-hydrogen) atoms. The van der Waals surface area contributed by atoms with Crippen LogP contribution in [0.25, 0.3) is 0 Å². The topological polar surface area (TPSA) is 64.4 Å². The van der Waals surface area contributed by atoms with Crippen LogP contribution in [0.1, 0.15) is 6.92 Å². The largest absolute Gasteiger partial charge is 0.479 e. The van der Waals surface area contributed by atoms with E-state index in [1.807, 2.05) is 0 Å². The van der Waals surface area contributed by atoms with Crippen LogP contribution in [-0.2, 0) is 16.1 Å². The summed E-state index contributed by atoms with van der Waals surface area (Å²) in [4.78, 5) is 10.7. The molecule has 1 atom stereocenters. The lowest BCUT2D eigenvalue weighted by Crippen LogP contribution is -2.29. The Labute approximate surface area is 95.2 Å². The molecule has 1 heterocycles. The summed E-state index contributed by atoms with van der Waals surface area (Å²) < 4.78 is 7.59. The highest BCUT2D eigenvalue weighted by molar-refractivity contribution is 14.1. The van der Waals surface area contributed by atoms with Gasteiger partial charge in [-0.2, -0.15) is 5.10 Å². The van der Waals surface area contributed by atoms with Gasteiger partial charge < -0.3 is 9.84 Å². The summed E-state index contributed by atoms with van der Waals surface area (Å²) in [7, 11) is 0.